The number of anilines is 1. The second-order valence-electron chi connectivity index (χ2n) is 9.99. The number of aliphatic imine (C=N–C) groups is 1. The normalized spacial score (nSPS) is 17.5. The molecule has 2 aromatic carbocycles. The van der Waals surface area contributed by atoms with Gasteiger partial charge in [-0.25, -0.2) is 9.97 Å². The molecule has 0 radical (unpaired) electrons. The SMILES string of the molecule is CCCc1cccc(CC)c1C1N=C2CCN(c3nccc(C)n3)CC2=C1c1ccc(Cl)c2[nH]ccc12. The average Bonchev–Trinajstić information content (AvgIpc) is 3.55. The summed E-state index contributed by atoms with van der Waals surface area (Å²) in [6, 6.07) is 15.0. The summed E-state index contributed by atoms with van der Waals surface area (Å²) >= 11 is 6.60. The van der Waals surface area contributed by atoms with E-state index in [1.807, 2.05) is 31.5 Å². The van der Waals surface area contributed by atoms with Gasteiger partial charge >= 0.3 is 0 Å². The van der Waals surface area contributed by atoms with E-state index in [0.29, 0.717) is 0 Å². The van der Waals surface area contributed by atoms with Crippen molar-refractivity contribution in [1.82, 2.24) is 15.0 Å². The van der Waals surface area contributed by atoms with Gasteiger partial charge in [0.2, 0.25) is 5.95 Å². The fourth-order valence-electron chi connectivity index (χ4n) is 5.97. The predicted molar refractivity (Wildman–Crippen MR) is 154 cm³/mol. The molecule has 4 aromatic rings. The molecule has 0 amide bonds. The van der Waals surface area contributed by atoms with E-state index in [1.165, 1.54) is 39.1 Å². The Labute approximate surface area is 223 Å². The first-order valence-corrected chi connectivity index (χ1v) is 13.7. The Morgan fingerprint density at radius 2 is 1.95 bits per heavy atom. The first kappa shape index (κ1) is 23.9. The number of aromatic amines is 1. The van der Waals surface area contributed by atoms with Crippen LogP contribution in [-0.4, -0.2) is 33.8 Å². The standard InChI is InChI=1S/C31H32ClN5/c1-4-7-21-9-6-8-20(5-2)27(21)30-28(22-10-11-25(32)29-23(22)13-16-33-29)24-18-37(17-14-26(24)36-30)31-34-15-12-19(3)35-31/h6,8-13,15-16,30,33H,4-5,7,14,17-18H2,1-3H3. The number of halogens is 1. The van der Waals surface area contributed by atoms with Crippen LogP contribution in [0.25, 0.3) is 16.5 Å². The lowest BCUT2D eigenvalue weighted by atomic mass is 9.83. The van der Waals surface area contributed by atoms with E-state index in [2.05, 4.69) is 59.0 Å². The summed E-state index contributed by atoms with van der Waals surface area (Å²) in [5, 5.41) is 1.88. The van der Waals surface area contributed by atoms with Crippen LogP contribution in [0.5, 0.6) is 0 Å². The maximum atomic E-state index is 6.60. The highest BCUT2D eigenvalue weighted by Gasteiger charge is 2.36. The van der Waals surface area contributed by atoms with Gasteiger partial charge in [0.1, 0.15) is 6.04 Å². The Balaban J connectivity index is 1.57. The van der Waals surface area contributed by atoms with E-state index in [1.54, 1.807) is 0 Å². The smallest absolute Gasteiger partial charge is 0.225 e. The number of hydrogen-bond acceptors (Lipinski definition) is 4. The van der Waals surface area contributed by atoms with Crippen molar-refractivity contribution in [2.24, 2.45) is 4.99 Å². The maximum Gasteiger partial charge on any atom is 0.225 e. The summed E-state index contributed by atoms with van der Waals surface area (Å²) in [5.74, 6) is 0.790. The lowest BCUT2D eigenvalue weighted by Gasteiger charge is -2.29. The van der Waals surface area contributed by atoms with Crippen LogP contribution in [0.4, 0.5) is 5.95 Å². The van der Waals surface area contributed by atoms with Gasteiger partial charge in [-0.1, -0.05) is 56.1 Å². The Morgan fingerprint density at radius 1 is 1.08 bits per heavy atom. The molecule has 1 saturated heterocycles. The first-order chi connectivity index (χ1) is 18.1. The van der Waals surface area contributed by atoms with Crippen LogP contribution in [0.2, 0.25) is 5.02 Å². The van der Waals surface area contributed by atoms with Gasteiger partial charge in [-0.3, -0.25) is 4.99 Å². The molecule has 0 bridgehead atoms. The molecule has 37 heavy (non-hydrogen) atoms. The Morgan fingerprint density at radius 3 is 2.76 bits per heavy atom. The van der Waals surface area contributed by atoms with Crippen LogP contribution in [0, 0.1) is 6.92 Å². The number of nitrogens with zero attached hydrogens (tertiary/aromatic N) is 4. The predicted octanol–water partition coefficient (Wildman–Crippen LogP) is 7.29. The quantitative estimate of drug-likeness (QED) is 0.297. The fraction of sp³-hybridized carbons (Fsp3) is 0.323. The molecule has 5 nitrogen and oxygen atoms in total. The van der Waals surface area contributed by atoms with Crippen molar-refractivity contribution in [2.75, 3.05) is 18.0 Å². The van der Waals surface area contributed by atoms with Gasteiger partial charge in [0, 0.05) is 48.7 Å². The van der Waals surface area contributed by atoms with Crippen molar-refractivity contribution in [1.29, 1.82) is 0 Å². The molecule has 6 heteroatoms. The number of piperidine rings is 1. The molecular formula is C31H32ClN5. The Bertz CT molecular complexity index is 1550. The number of aromatic nitrogens is 3. The second-order valence-corrected chi connectivity index (χ2v) is 10.4. The van der Waals surface area contributed by atoms with Crippen molar-refractivity contribution < 1.29 is 0 Å². The lowest BCUT2D eigenvalue weighted by Crippen LogP contribution is -2.36. The van der Waals surface area contributed by atoms with E-state index in [-0.39, 0.29) is 6.04 Å². The van der Waals surface area contributed by atoms with Gasteiger partial charge < -0.3 is 9.88 Å². The van der Waals surface area contributed by atoms with Gasteiger partial charge in [-0.15, -0.1) is 0 Å². The molecule has 188 valence electrons. The third-order valence-electron chi connectivity index (χ3n) is 7.69. The molecular weight excluding hydrogens is 478 g/mol. The van der Waals surface area contributed by atoms with Gasteiger partial charge in [-0.05, 0) is 71.4 Å². The zero-order chi connectivity index (χ0) is 25.5. The van der Waals surface area contributed by atoms with E-state index in [0.717, 1.165) is 66.3 Å². The first-order valence-electron chi connectivity index (χ1n) is 13.3. The molecule has 1 fully saturated rings. The van der Waals surface area contributed by atoms with E-state index < -0.39 is 0 Å². The summed E-state index contributed by atoms with van der Waals surface area (Å²) < 4.78 is 0. The van der Waals surface area contributed by atoms with Crippen molar-refractivity contribution in [3.63, 3.8) is 0 Å². The minimum absolute atomic E-state index is 0.0275. The largest absolute Gasteiger partial charge is 0.360 e. The summed E-state index contributed by atoms with van der Waals surface area (Å²) in [6.45, 7) is 8.14. The molecule has 0 aliphatic carbocycles. The molecule has 2 aromatic heterocycles. The van der Waals surface area contributed by atoms with Gasteiger partial charge in [0.15, 0.2) is 0 Å². The highest BCUT2D eigenvalue weighted by atomic mass is 35.5. The van der Waals surface area contributed by atoms with E-state index in [4.69, 9.17) is 21.6 Å². The van der Waals surface area contributed by atoms with Crippen molar-refractivity contribution >= 4 is 39.7 Å². The molecule has 1 N–H and O–H groups in total. The number of hydrogen-bond donors (Lipinski definition) is 1. The zero-order valence-corrected chi connectivity index (χ0v) is 22.4. The third-order valence-corrected chi connectivity index (χ3v) is 8.00. The molecule has 0 saturated carbocycles. The fourth-order valence-corrected chi connectivity index (χ4v) is 6.19. The monoisotopic (exact) mass is 509 g/mol. The lowest BCUT2D eigenvalue weighted by molar-refractivity contribution is 0.788. The molecule has 2 aliphatic heterocycles. The zero-order valence-electron chi connectivity index (χ0n) is 21.7. The van der Waals surface area contributed by atoms with Crippen LogP contribution in [0.15, 0.2) is 65.4 Å². The van der Waals surface area contributed by atoms with E-state index in [9.17, 15) is 0 Å². The maximum absolute atomic E-state index is 6.60. The van der Waals surface area contributed by atoms with Crippen LogP contribution >= 0.6 is 11.6 Å². The molecule has 4 heterocycles. The Kier molecular flexibility index (Phi) is 6.33. The minimum Gasteiger partial charge on any atom is -0.360 e. The number of aryl methyl sites for hydroxylation is 3. The highest BCUT2D eigenvalue weighted by Crippen LogP contribution is 2.47. The molecule has 0 spiro atoms. The van der Waals surface area contributed by atoms with E-state index >= 15 is 0 Å². The van der Waals surface area contributed by atoms with Gasteiger partial charge in [-0.2, -0.15) is 0 Å². The minimum atomic E-state index is -0.0275. The third kappa shape index (κ3) is 4.15. The number of nitrogens with one attached hydrogen (secondary N) is 1. The van der Waals surface area contributed by atoms with Gasteiger partial charge in [0.25, 0.3) is 0 Å². The number of rotatable bonds is 6. The van der Waals surface area contributed by atoms with Crippen LogP contribution in [0.3, 0.4) is 0 Å². The van der Waals surface area contributed by atoms with Crippen LogP contribution in [0.1, 0.15) is 60.7 Å². The van der Waals surface area contributed by atoms with Gasteiger partial charge in [0.05, 0.1) is 10.5 Å². The summed E-state index contributed by atoms with van der Waals surface area (Å²) in [6.07, 6.45) is 7.86. The number of fused-ring (bicyclic) bond motifs is 2. The molecule has 6 rings (SSSR count). The van der Waals surface area contributed by atoms with Crippen molar-refractivity contribution in [3.05, 3.63) is 93.4 Å². The van der Waals surface area contributed by atoms with Crippen LogP contribution in [-0.2, 0) is 12.8 Å². The second kappa shape index (κ2) is 9.79. The highest BCUT2D eigenvalue weighted by molar-refractivity contribution is 6.35. The van der Waals surface area contributed by atoms with Crippen molar-refractivity contribution in [3.8, 4) is 0 Å². The molecule has 1 atom stereocenters. The summed E-state index contributed by atoms with van der Waals surface area (Å²) in [7, 11) is 0. The molecule has 1 unspecified atom stereocenters. The topological polar surface area (TPSA) is 57.2 Å². The summed E-state index contributed by atoms with van der Waals surface area (Å²) in [4.78, 5) is 20.5. The summed E-state index contributed by atoms with van der Waals surface area (Å²) in [5.41, 5.74) is 11.2. The number of benzene rings is 2. The number of H-pyrrole nitrogens is 1. The Hall–Kier alpha value is -3.44. The average molecular weight is 510 g/mol. The van der Waals surface area contributed by atoms with Crippen molar-refractivity contribution in [2.45, 2.75) is 52.5 Å². The molecule has 2 aliphatic rings. The van der Waals surface area contributed by atoms with Crippen LogP contribution < -0.4 is 4.90 Å².